The lowest BCUT2D eigenvalue weighted by Crippen LogP contribution is -2.36. The van der Waals surface area contributed by atoms with E-state index < -0.39 is 11.9 Å². The lowest BCUT2D eigenvalue weighted by molar-refractivity contribution is -0.117. The molecule has 0 aliphatic rings. The van der Waals surface area contributed by atoms with Crippen LogP contribution in [0.25, 0.3) is 0 Å². The fourth-order valence-electron chi connectivity index (χ4n) is 1.25. The number of benzene rings is 1. The molecule has 0 aliphatic heterocycles. The minimum atomic E-state index is -0.606. The minimum Gasteiger partial charge on any atom is -0.322 e. The molecule has 1 aromatic carbocycles. The van der Waals surface area contributed by atoms with Gasteiger partial charge < -0.3 is 11.1 Å². The Morgan fingerprint density at radius 1 is 1.67 bits per heavy atom. The maximum Gasteiger partial charge on any atom is 0.241 e. The Bertz CT molecular complexity index is 424. The van der Waals surface area contributed by atoms with Crippen molar-refractivity contribution >= 4 is 50.9 Å². The fraction of sp³-hybridized carbons (Fsp3) is 0.364. The summed E-state index contributed by atoms with van der Waals surface area (Å²) in [7, 11) is 0. The summed E-state index contributed by atoms with van der Waals surface area (Å²) in [6.07, 6.45) is 2.52. The second-order valence-electron chi connectivity index (χ2n) is 3.62. The summed E-state index contributed by atoms with van der Waals surface area (Å²) >= 11 is 10.6. The number of rotatable bonds is 5. The molecule has 0 saturated heterocycles. The van der Waals surface area contributed by atoms with Crippen molar-refractivity contribution in [2.24, 2.45) is 5.73 Å². The maximum absolute atomic E-state index is 13.0. The van der Waals surface area contributed by atoms with Crippen LogP contribution in [0, 0.1) is 5.82 Å². The van der Waals surface area contributed by atoms with Crippen LogP contribution in [0.3, 0.4) is 0 Å². The first kappa shape index (κ1) is 15.8. The van der Waals surface area contributed by atoms with Crippen LogP contribution in [0.2, 0.25) is 5.02 Å². The zero-order valence-corrected chi connectivity index (χ0v) is 12.8. The molecule has 0 unspecified atom stereocenters. The van der Waals surface area contributed by atoms with Gasteiger partial charge in [-0.2, -0.15) is 11.8 Å². The number of amides is 1. The van der Waals surface area contributed by atoms with E-state index in [1.807, 2.05) is 6.26 Å². The molecule has 7 heteroatoms. The molecule has 18 heavy (non-hydrogen) atoms. The number of nitrogens with two attached hydrogens (primary N) is 1. The third kappa shape index (κ3) is 4.42. The van der Waals surface area contributed by atoms with E-state index >= 15 is 0 Å². The van der Waals surface area contributed by atoms with E-state index in [4.69, 9.17) is 17.3 Å². The Morgan fingerprint density at radius 3 is 2.89 bits per heavy atom. The van der Waals surface area contributed by atoms with Gasteiger partial charge in [0, 0.05) is 4.47 Å². The van der Waals surface area contributed by atoms with Crippen LogP contribution in [-0.2, 0) is 4.79 Å². The third-order valence-electron chi connectivity index (χ3n) is 2.22. The van der Waals surface area contributed by atoms with Gasteiger partial charge in [-0.15, -0.1) is 0 Å². The number of nitrogens with one attached hydrogen (secondary N) is 1. The molecule has 1 amide bonds. The molecule has 0 spiro atoms. The molecule has 3 nitrogen and oxygen atoms in total. The van der Waals surface area contributed by atoms with Crippen LogP contribution in [0.15, 0.2) is 16.6 Å². The van der Waals surface area contributed by atoms with E-state index in [1.165, 1.54) is 6.07 Å². The second-order valence-corrected chi connectivity index (χ2v) is 5.87. The maximum atomic E-state index is 13.0. The molecule has 1 aromatic rings. The lowest BCUT2D eigenvalue weighted by Gasteiger charge is -2.14. The summed E-state index contributed by atoms with van der Waals surface area (Å²) in [4.78, 5) is 11.8. The monoisotopic (exact) mass is 354 g/mol. The van der Waals surface area contributed by atoms with Crippen molar-refractivity contribution in [3.05, 3.63) is 27.4 Å². The number of carbonyl (C=O) groups excluding carboxylic acids is 1. The first-order valence-electron chi connectivity index (χ1n) is 5.15. The summed E-state index contributed by atoms with van der Waals surface area (Å²) in [6, 6.07) is 1.76. The van der Waals surface area contributed by atoms with Crippen LogP contribution in [-0.4, -0.2) is 24.0 Å². The van der Waals surface area contributed by atoms with Crippen molar-refractivity contribution in [1.29, 1.82) is 0 Å². The average molecular weight is 356 g/mol. The van der Waals surface area contributed by atoms with Crippen molar-refractivity contribution in [2.45, 2.75) is 12.5 Å². The number of halogens is 3. The minimum absolute atomic E-state index is 0.132. The van der Waals surface area contributed by atoms with Crippen LogP contribution in [0.5, 0.6) is 0 Å². The smallest absolute Gasteiger partial charge is 0.241 e. The van der Waals surface area contributed by atoms with E-state index in [9.17, 15) is 9.18 Å². The van der Waals surface area contributed by atoms with Gasteiger partial charge in [0.1, 0.15) is 5.82 Å². The zero-order chi connectivity index (χ0) is 13.7. The molecule has 1 rings (SSSR count). The highest BCUT2D eigenvalue weighted by molar-refractivity contribution is 9.10. The standard InChI is InChI=1S/C11H13BrClFN2OS/c1-18-3-2-9(15)11(17)16-10-7(12)4-6(14)5-8(10)13/h4-5,9H,2-3,15H2,1H3,(H,16,17)/t9-/m0/s1. The van der Waals surface area contributed by atoms with Gasteiger partial charge in [-0.3, -0.25) is 4.79 Å². The Balaban J connectivity index is 2.76. The first-order chi connectivity index (χ1) is 8.45. The van der Waals surface area contributed by atoms with Crippen molar-refractivity contribution in [3.8, 4) is 0 Å². The number of hydrogen-bond donors (Lipinski definition) is 2. The van der Waals surface area contributed by atoms with Gasteiger partial charge >= 0.3 is 0 Å². The molecule has 1 atom stereocenters. The molecule has 100 valence electrons. The van der Waals surface area contributed by atoms with Gasteiger partial charge in [-0.1, -0.05) is 11.6 Å². The Morgan fingerprint density at radius 2 is 2.33 bits per heavy atom. The third-order valence-corrected chi connectivity index (χ3v) is 3.79. The van der Waals surface area contributed by atoms with E-state index in [1.54, 1.807) is 11.8 Å². The molecule has 0 aromatic heterocycles. The zero-order valence-electron chi connectivity index (χ0n) is 9.67. The van der Waals surface area contributed by atoms with Crippen LogP contribution in [0.4, 0.5) is 10.1 Å². The Kier molecular flexibility index (Phi) is 6.42. The molecule has 0 saturated carbocycles. The summed E-state index contributed by atoms with van der Waals surface area (Å²) < 4.78 is 13.4. The van der Waals surface area contributed by atoms with Gasteiger partial charge in [-0.05, 0) is 46.5 Å². The molecule has 3 N–H and O–H groups in total. The quantitative estimate of drug-likeness (QED) is 0.852. The number of carbonyl (C=O) groups is 1. The van der Waals surface area contributed by atoms with E-state index in [0.717, 1.165) is 11.8 Å². The predicted octanol–water partition coefficient (Wildman–Crippen LogP) is 3.26. The largest absolute Gasteiger partial charge is 0.322 e. The van der Waals surface area contributed by atoms with Crippen molar-refractivity contribution in [1.82, 2.24) is 0 Å². The summed E-state index contributed by atoms with van der Waals surface area (Å²) in [5.74, 6) is -0.0118. The van der Waals surface area contributed by atoms with E-state index in [2.05, 4.69) is 21.2 Å². The normalized spacial score (nSPS) is 12.3. The molecule has 0 aliphatic carbocycles. The van der Waals surface area contributed by atoms with Crippen molar-refractivity contribution in [3.63, 3.8) is 0 Å². The highest BCUT2D eigenvalue weighted by atomic mass is 79.9. The second kappa shape index (κ2) is 7.33. The van der Waals surface area contributed by atoms with Crippen LogP contribution >= 0.6 is 39.3 Å². The average Bonchev–Trinajstić information content (AvgIpc) is 2.30. The SMILES string of the molecule is CSCC[C@H](N)C(=O)Nc1c(Cl)cc(F)cc1Br. The number of hydrogen-bond acceptors (Lipinski definition) is 3. The number of thioether (sulfide) groups is 1. The number of anilines is 1. The van der Waals surface area contributed by atoms with Gasteiger partial charge in [0.2, 0.25) is 5.91 Å². The topological polar surface area (TPSA) is 55.1 Å². The van der Waals surface area contributed by atoms with E-state index in [-0.39, 0.29) is 10.9 Å². The Labute approximate surface area is 123 Å². The summed E-state index contributed by atoms with van der Waals surface area (Å²) in [6.45, 7) is 0. The van der Waals surface area contributed by atoms with Crippen LogP contribution < -0.4 is 11.1 Å². The molecule has 0 radical (unpaired) electrons. The van der Waals surface area contributed by atoms with Crippen LogP contribution in [0.1, 0.15) is 6.42 Å². The summed E-state index contributed by atoms with van der Waals surface area (Å²) in [5.41, 5.74) is 6.06. The molecular weight excluding hydrogens is 343 g/mol. The first-order valence-corrected chi connectivity index (χ1v) is 7.72. The summed E-state index contributed by atoms with van der Waals surface area (Å²) in [5, 5.41) is 2.73. The van der Waals surface area contributed by atoms with Gasteiger partial charge in [-0.25, -0.2) is 4.39 Å². The highest BCUT2D eigenvalue weighted by Crippen LogP contribution is 2.31. The Hall–Kier alpha value is -0.300. The molecule has 0 fully saturated rings. The van der Waals surface area contributed by atoms with Crippen molar-refractivity contribution in [2.75, 3.05) is 17.3 Å². The predicted molar refractivity (Wildman–Crippen MR) is 78.7 cm³/mol. The van der Waals surface area contributed by atoms with Gasteiger partial charge in [0.05, 0.1) is 16.8 Å². The molecule has 0 heterocycles. The fourth-order valence-corrected chi connectivity index (χ4v) is 2.64. The van der Waals surface area contributed by atoms with Crippen molar-refractivity contribution < 1.29 is 9.18 Å². The lowest BCUT2D eigenvalue weighted by atomic mass is 10.2. The highest BCUT2D eigenvalue weighted by Gasteiger charge is 2.16. The van der Waals surface area contributed by atoms with Gasteiger partial charge in [0.15, 0.2) is 0 Å². The molecular formula is C11H13BrClFN2OS. The van der Waals surface area contributed by atoms with Gasteiger partial charge in [0.25, 0.3) is 0 Å². The van der Waals surface area contributed by atoms with E-state index in [0.29, 0.717) is 16.6 Å². The molecule has 0 bridgehead atoms.